The van der Waals surface area contributed by atoms with Crippen LogP contribution in [0.3, 0.4) is 0 Å². The lowest BCUT2D eigenvalue weighted by Crippen LogP contribution is -2.26. The van der Waals surface area contributed by atoms with Crippen LogP contribution in [-0.2, 0) is 10.0 Å². The number of nitrogen functional groups attached to an aromatic ring is 1. The molecule has 0 saturated heterocycles. The van der Waals surface area contributed by atoms with E-state index in [1.54, 1.807) is 43.3 Å². The first-order valence-electron chi connectivity index (χ1n) is 6.30. The summed E-state index contributed by atoms with van der Waals surface area (Å²) in [5, 5.41) is 8.75. The Hall–Kier alpha value is -2.36. The van der Waals surface area contributed by atoms with Crippen molar-refractivity contribution in [1.29, 1.82) is 5.26 Å². The molecule has 0 radical (unpaired) electrons. The summed E-state index contributed by atoms with van der Waals surface area (Å²) in [7, 11) is -3.61. The van der Waals surface area contributed by atoms with Crippen LogP contribution in [0.15, 0.2) is 53.4 Å². The molecule has 1 atom stereocenters. The van der Waals surface area contributed by atoms with E-state index in [1.165, 1.54) is 12.1 Å². The minimum absolute atomic E-state index is 0.164. The zero-order valence-electron chi connectivity index (χ0n) is 11.4. The topological polar surface area (TPSA) is 96.0 Å². The molecule has 0 aliphatic carbocycles. The van der Waals surface area contributed by atoms with Crippen LogP contribution in [-0.4, -0.2) is 8.42 Å². The van der Waals surface area contributed by atoms with Crippen LogP contribution in [0.4, 0.5) is 5.69 Å². The monoisotopic (exact) mass is 301 g/mol. The number of nitrogens with one attached hydrogen (secondary N) is 1. The Balaban J connectivity index is 2.19. The quantitative estimate of drug-likeness (QED) is 0.846. The molecular weight excluding hydrogens is 286 g/mol. The van der Waals surface area contributed by atoms with Gasteiger partial charge < -0.3 is 5.73 Å². The maximum atomic E-state index is 12.2. The van der Waals surface area contributed by atoms with Gasteiger partial charge in [0.15, 0.2) is 0 Å². The molecule has 21 heavy (non-hydrogen) atoms. The van der Waals surface area contributed by atoms with Crippen molar-refractivity contribution >= 4 is 15.7 Å². The number of hydrogen-bond donors (Lipinski definition) is 2. The molecule has 6 heteroatoms. The van der Waals surface area contributed by atoms with Crippen molar-refractivity contribution in [2.24, 2.45) is 0 Å². The van der Waals surface area contributed by atoms with Gasteiger partial charge in [-0.2, -0.15) is 5.26 Å². The zero-order valence-corrected chi connectivity index (χ0v) is 12.3. The van der Waals surface area contributed by atoms with E-state index in [0.717, 1.165) is 5.56 Å². The fraction of sp³-hybridized carbons (Fsp3) is 0.133. The average Bonchev–Trinajstić information content (AvgIpc) is 2.47. The van der Waals surface area contributed by atoms with Crippen molar-refractivity contribution < 1.29 is 8.42 Å². The third kappa shape index (κ3) is 3.60. The molecule has 0 aliphatic heterocycles. The minimum Gasteiger partial charge on any atom is -0.399 e. The SMILES string of the molecule is CC(NS(=O)(=O)c1ccc(N)cc1)c1ccc(C#N)cc1. The summed E-state index contributed by atoms with van der Waals surface area (Å²) >= 11 is 0. The molecule has 2 aromatic carbocycles. The van der Waals surface area contributed by atoms with Crippen molar-refractivity contribution in [2.45, 2.75) is 17.9 Å². The van der Waals surface area contributed by atoms with Gasteiger partial charge in [0, 0.05) is 11.7 Å². The van der Waals surface area contributed by atoms with Gasteiger partial charge in [0.1, 0.15) is 0 Å². The Morgan fingerprint density at radius 3 is 2.19 bits per heavy atom. The molecule has 0 amide bonds. The highest BCUT2D eigenvalue weighted by atomic mass is 32.2. The first kappa shape index (κ1) is 15.0. The maximum Gasteiger partial charge on any atom is 0.241 e. The van der Waals surface area contributed by atoms with Gasteiger partial charge in [0.25, 0.3) is 0 Å². The predicted octanol–water partition coefficient (Wildman–Crippen LogP) is 2.18. The fourth-order valence-electron chi connectivity index (χ4n) is 1.86. The molecule has 0 bridgehead atoms. The molecule has 0 spiro atoms. The molecule has 5 nitrogen and oxygen atoms in total. The third-order valence-corrected chi connectivity index (χ3v) is 4.62. The second-order valence-corrected chi connectivity index (χ2v) is 6.36. The molecule has 0 heterocycles. The molecule has 108 valence electrons. The zero-order chi connectivity index (χ0) is 15.5. The molecule has 1 unspecified atom stereocenters. The minimum atomic E-state index is -3.61. The third-order valence-electron chi connectivity index (χ3n) is 3.06. The molecule has 2 aromatic rings. The standard InChI is InChI=1S/C15H15N3O2S/c1-11(13-4-2-12(10-16)3-5-13)18-21(19,20)15-8-6-14(17)7-9-15/h2-9,11,18H,17H2,1H3. The second-order valence-electron chi connectivity index (χ2n) is 4.65. The van der Waals surface area contributed by atoms with Crippen molar-refractivity contribution in [3.8, 4) is 6.07 Å². The van der Waals surface area contributed by atoms with E-state index < -0.39 is 16.1 Å². The number of sulfonamides is 1. The molecule has 0 aliphatic rings. The smallest absolute Gasteiger partial charge is 0.241 e. The van der Waals surface area contributed by atoms with Gasteiger partial charge in [-0.3, -0.25) is 0 Å². The fourth-order valence-corrected chi connectivity index (χ4v) is 3.09. The number of benzene rings is 2. The van der Waals surface area contributed by atoms with E-state index in [1.807, 2.05) is 6.07 Å². The Labute approximate surface area is 124 Å². The molecule has 0 saturated carbocycles. The van der Waals surface area contributed by atoms with Crippen LogP contribution in [0, 0.1) is 11.3 Å². The van der Waals surface area contributed by atoms with Crippen molar-refractivity contribution in [1.82, 2.24) is 4.72 Å². The highest BCUT2D eigenvalue weighted by Gasteiger charge is 2.18. The van der Waals surface area contributed by atoms with Gasteiger partial charge in [-0.1, -0.05) is 12.1 Å². The lowest BCUT2D eigenvalue weighted by molar-refractivity contribution is 0.567. The lowest BCUT2D eigenvalue weighted by Gasteiger charge is -2.15. The van der Waals surface area contributed by atoms with Crippen LogP contribution in [0.1, 0.15) is 24.1 Å². The Morgan fingerprint density at radius 2 is 1.67 bits per heavy atom. The Bertz CT molecular complexity index is 760. The average molecular weight is 301 g/mol. The summed E-state index contributed by atoms with van der Waals surface area (Å²) in [5.74, 6) is 0. The molecule has 3 N–H and O–H groups in total. The van der Waals surface area contributed by atoms with Crippen LogP contribution in [0.2, 0.25) is 0 Å². The summed E-state index contributed by atoms with van der Waals surface area (Å²) in [6.07, 6.45) is 0. The van der Waals surface area contributed by atoms with Crippen molar-refractivity contribution in [3.05, 3.63) is 59.7 Å². The maximum absolute atomic E-state index is 12.2. The highest BCUT2D eigenvalue weighted by molar-refractivity contribution is 7.89. The van der Waals surface area contributed by atoms with Gasteiger partial charge in [0.2, 0.25) is 10.0 Å². The van der Waals surface area contributed by atoms with Gasteiger partial charge >= 0.3 is 0 Å². The van der Waals surface area contributed by atoms with Crippen LogP contribution < -0.4 is 10.5 Å². The largest absolute Gasteiger partial charge is 0.399 e. The van der Waals surface area contributed by atoms with E-state index in [4.69, 9.17) is 11.0 Å². The van der Waals surface area contributed by atoms with Gasteiger partial charge in [-0.15, -0.1) is 0 Å². The Morgan fingerprint density at radius 1 is 1.10 bits per heavy atom. The van der Waals surface area contributed by atoms with Crippen molar-refractivity contribution in [3.63, 3.8) is 0 Å². The lowest BCUT2D eigenvalue weighted by atomic mass is 10.1. The van der Waals surface area contributed by atoms with Crippen LogP contribution in [0.5, 0.6) is 0 Å². The summed E-state index contributed by atoms with van der Waals surface area (Å²) in [6, 6.07) is 14.4. The summed E-state index contributed by atoms with van der Waals surface area (Å²) < 4.78 is 27.1. The highest BCUT2D eigenvalue weighted by Crippen LogP contribution is 2.18. The molecular formula is C15H15N3O2S. The summed E-state index contributed by atoms with van der Waals surface area (Å²) in [6.45, 7) is 1.75. The normalized spacial score (nSPS) is 12.6. The first-order chi connectivity index (χ1) is 9.92. The van der Waals surface area contributed by atoms with Crippen LogP contribution in [0.25, 0.3) is 0 Å². The summed E-state index contributed by atoms with van der Waals surface area (Å²) in [5.41, 5.74) is 7.38. The Kier molecular flexibility index (Phi) is 4.26. The number of nitrogens with two attached hydrogens (primary N) is 1. The predicted molar refractivity (Wildman–Crippen MR) is 80.7 cm³/mol. The molecule has 0 aromatic heterocycles. The number of hydrogen-bond acceptors (Lipinski definition) is 4. The van der Waals surface area contributed by atoms with Gasteiger partial charge in [-0.25, -0.2) is 13.1 Å². The van der Waals surface area contributed by atoms with Crippen LogP contribution >= 0.6 is 0 Å². The van der Waals surface area contributed by atoms with Gasteiger partial charge in [-0.05, 0) is 48.9 Å². The second kappa shape index (κ2) is 5.95. The molecule has 0 fully saturated rings. The van der Waals surface area contributed by atoms with E-state index >= 15 is 0 Å². The van der Waals surface area contributed by atoms with Gasteiger partial charge in [0.05, 0.1) is 16.5 Å². The van der Waals surface area contributed by atoms with E-state index in [2.05, 4.69) is 4.72 Å². The van der Waals surface area contributed by atoms with Crippen molar-refractivity contribution in [2.75, 3.05) is 5.73 Å². The number of anilines is 1. The number of nitrogens with zero attached hydrogens (tertiary/aromatic N) is 1. The molecule has 2 rings (SSSR count). The summed E-state index contributed by atoms with van der Waals surface area (Å²) in [4.78, 5) is 0.164. The van der Waals surface area contributed by atoms with E-state index in [0.29, 0.717) is 11.3 Å². The van der Waals surface area contributed by atoms with E-state index in [9.17, 15) is 8.42 Å². The first-order valence-corrected chi connectivity index (χ1v) is 7.78. The van der Waals surface area contributed by atoms with E-state index in [-0.39, 0.29) is 4.90 Å². The number of nitriles is 1. The number of rotatable bonds is 4.